The lowest BCUT2D eigenvalue weighted by Crippen LogP contribution is -2.32. The third-order valence-electron chi connectivity index (χ3n) is 2.64. The van der Waals surface area contributed by atoms with E-state index in [1.807, 2.05) is 18.2 Å². The third-order valence-corrected chi connectivity index (χ3v) is 2.64. The molecule has 1 atom stereocenters. The van der Waals surface area contributed by atoms with Gasteiger partial charge in [0.25, 0.3) is 0 Å². The van der Waals surface area contributed by atoms with Crippen LogP contribution < -0.4 is 20.5 Å². The number of carbonyl (C=O) groups is 1. The molecular weight excluding hydrogens is 236 g/mol. The van der Waals surface area contributed by atoms with Crippen LogP contribution in [0.5, 0.6) is 11.5 Å². The highest BCUT2D eigenvalue weighted by Crippen LogP contribution is 2.32. The molecule has 0 fully saturated rings. The Bertz CT molecular complexity index is 436. The molecule has 6 heteroatoms. The molecule has 98 valence electrons. The summed E-state index contributed by atoms with van der Waals surface area (Å²) in [5, 5.41) is 11.7. The van der Waals surface area contributed by atoms with Gasteiger partial charge in [0.15, 0.2) is 11.5 Å². The van der Waals surface area contributed by atoms with E-state index in [-0.39, 0.29) is 0 Å². The van der Waals surface area contributed by atoms with Crippen molar-refractivity contribution in [1.29, 1.82) is 0 Å². The van der Waals surface area contributed by atoms with Gasteiger partial charge in [-0.05, 0) is 18.6 Å². The molecule has 1 aromatic carbocycles. The summed E-state index contributed by atoms with van der Waals surface area (Å²) < 4.78 is 10.8. The van der Waals surface area contributed by atoms with Crippen molar-refractivity contribution < 1.29 is 19.4 Å². The summed E-state index contributed by atoms with van der Waals surface area (Å²) in [4.78, 5) is 10.5. The fraction of sp³-hybridized carbons (Fsp3) is 0.417. The lowest BCUT2D eigenvalue weighted by atomic mass is 10.2. The number of fused-ring (bicyclic) bond motifs is 1. The van der Waals surface area contributed by atoms with Gasteiger partial charge in [0.2, 0.25) is 0 Å². The van der Waals surface area contributed by atoms with Crippen LogP contribution in [0, 0.1) is 0 Å². The smallest absolute Gasteiger partial charge is 0.320 e. The van der Waals surface area contributed by atoms with Crippen LogP contribution in [0.15, 0.2) is 18.2 Å². The minimum atomic E-state index is -0.987. The van der Waals surface area contributed by atoms with E-state index in [2.05, 4.69) is 5.32 Å². The monoisotopic (exact) mass is 252 g/mol. The fourth-order valence-electron chi connectivity index (χ4n) is 1.65. The SMILES string of the molecule is NC(CCNc1ccc2c(c1)OCCO2)C(=O)O. The first-order valence-corrected chi connectivity index (χ1v) is 5.79. The Morgan fingerprint density at radius 2 is 2.11 bits per heavy atom. The van der Waals surface area contributed by atoms with Gasteiger partial charge in [0.05, 0.1) is 0 Å². The lowest BCUT2D eigenvalue weighted by Gasteiger charge is -2.19. The number of rotatable bonds is 5. The van der Waals surface area contributed by atoms with E-state index in [0.29, 0.717) is 31.9 Å². The Hall–Kier alpha value is -1.95. The number of hydrogen-bond acceptors (Lipinski definition) is 5. The first kappa shape index (κ1) is 12.5. The molecule has 0 spiro atoms. The number of nitrogens with one attached hydrogen (secondary N) is 1. The molecule has 1 aliphatic heterocycles. The molecule has 0 amide bonds. The molecule has 0 bridgehead atoms. The first-order valence-electron chi connectivity index (χ1n) is 5.79. The van der Waals surface area contributed by atoms with Crippen LogP contribution in [0.2, 0.25) is 0 Å². The normalized spacial score (nSPS) is 14.9. The van der Waals surface area contributed by atoms with Crippen molar-refractivity contribution in [3.05, 3.63) is 18.2 Å². The maximum atomic E-state index is 10.5. The van der Waals surface area contributed by atoms with Crippen LogP contribution in [0.4, 0.5) is 5.69 Å². The predicted octanol–water partition coefficient (Wildman–Crippen LogP) is 0.672. The van der Waals surface area contributed by atoms with Crippen molar-refractivity contribution in [3.8, 4) is 11.5 Å². The molecule has 0 aromatic heterocycles. The Morgan fingerprint density at radius 3 is 2.83 bits per heavy atom. The summed E-state index contributed by atoms with van der Waals surface area (Å²) in [6.45, 7) is 1.60. The van der Waals surface area contributed by atoms with Crippen LogP contribution in [-0.2, 0) is 4.79 Å². The molecule has 1 aliphatic rings. The number of nitrogens with two attached hydrogens (primary N) is 1. The van der Waals surface area contributed by atoms with Crippen LogP contribution in [0.25, 0.3) is 0 Å². The van der Waals surface area contributed by atoms with E-state index in [4.69, 9.17) is 20.3 Å². The number of ether oxygens (including phenoxy) is 2. The molecule has 18 heavy (non-hydrogen) atoms. The second-order valence-corrected chi connectivity index (χ2v) is 4.02. The third kappa shape index (κ3) is 3.04. The zero-order valence-corrected chi connectivity index (χ0v) is 9.89. The molecule has 1 heterocycles. The molecule has 0 radical (unpaired) electrons. The maximum Gasteiger partial charge on any atom is 0.320 e. The van der Waals surface area contributed by atoms with E-state index < -0.39 is 12.0 Å². The average molecular weight is 252 g/mol. The zero-order valence-electron chi connectivity index (χ0n) is 9.89. The van der Waals surface area contributed by atoms with Gasteiger partial charge >= 0.3 is 5.97 Å². The van der Waals surface area contributed by atoms with Gasteiger partial charge in [-0.3, -0.25) is 4.79 Å². The van der Waals surface area contributed by atoms with Crippen LogP contribution >= 0.6 is 0 Å². The zero-order chi connectivity index (χ0) is 13.0. The summed E-state index contributed by atoms with van der Waals surface area (Å²) in [7, 11) is 0. The number of anilines is 1. The standard InChI is InChI=1S/C12H16N2O4/c13-9(12(15)16)3-4-14-8-1-2-10-11(7-8)18-6-5-17-10/h1-2,7,9,14H,3-6,13H2,(H,15,16). The molecular formula is C12H16N2O4. The van der Waals surface area contributed by atoms with Crippen molar-refractivity contribution in [1.82, 2.24) is 0 Å². The predicted molar refractivity (Wildman–Crippen MR) is 66.1 cm³/mol. The fourth-order valence-corrected chi connectivity index (χ4v) is 1.65. The molecule has 0 aliphatic carbocycles. The second kappa shape index (κ2) is 5.59. The minimum Gasteiger partial charge on any atom is -0.486 e. The van der Waals surface area contributed by atoms with Crippen molar-refractivity contribution in [2.24, 2.45) is 5.73 Å². The minimum absolute atomic E-state index is 0.365. The Kier molecular flexibility index (Phi) is 3.88. The Morgan fingerprint density at radius 1 is 1.39 bits per heavy atom. The highest BCUT2D eigenvalue weighted by molar-refractivity contribution is 5.73. The topological polar surface area (TPSA) is 93.8 Å². The van der Waals surface area contributed by atoms with E-state index in [0.717, 1.165) is 11.4 Å². The van der Waals surface area contributed by atoms with E-state index in [9.17, 15) is 4.79 Å². The van der Waals surface area contributed by atoms with E-state index >= 15 is 0 Å². The molecule has 0 saturated heterocycles. The summed E-state index contributed by atoms with van der Waals surface area (Å²) in [5.74, 6) is 0.446. The Balaban J connectivity index is 1.88. The summed E-state index contributed by atoms with van der Waals surface area (Å²) in [6, 6.07) is 4.68. The van der Waals surface area contributed by atoms with Crippen molar-refractivity contribution in [2.45, 2.75) is 12.5 Å². The molecule has 1 aromatic rings. The molecule has 4 N–H and O–H groups in total. The van der Waals surface area contributed by atoms with Gasteiger partial charge in [-0.2, -0.15) is 0 Å². The molecule has 0 saturated carbocycles. The first-order chi connectivity index (χ1) is 8.66. The van der Waals surface area contributed by atoms with E-state index in [1.165, 1.54) is 0 Å². The van der Waals surface area contributed by atoms with Crippen molar-refractivity contribution in [2.75, 3.05) is 25.1 Å². The van der Waals surface area contributed by atoms with Gasteiger partial charge in [0.1, 0.15) is 19.3 Å². The molecule has 6 nitrogen and oxygen atoms in total. The Labute approximate surface area is 105 Å². The highest BCUT2D eigenvalue weighted by atomic mass is 16.6. The number of carboxylic acid groups (broad SMARTS) is 1. The summed E-state index contributed by atoms with van der Waals surface area (Å²) in [5.41, 5.74) is 6.27. The van der Waals surface area contributed by atoms with Gasteiger partial charge in [-0.1, -0.05) is 0 Å². The van der Waals surface area contributed by atoms with E-state index in [1.54, 1.807) is 0 Å². The molecule has 2 rings (SSSR count). The van der Waals surface area contributed by atoms with Crippen LogP contribution in [-0.4, -0.2) is 36.9 Å². The second-order valence-electron chi connectivity index (χ2n) is 4.02. The largest absolute Gasteiger partial charge is 0.486 e. The van der Waals surface area contributed by atoms with Crippen molar-refractivity contribution >= 4 is 11.7 Å². The average Bonchev–Trinajstić information content (AvgIpc) is 2.38. The number of hydrogen-bond donors (Lipinski definition) is 3. The van der Waals surface area contributed by atoms with Crippen LogP contribution in [0.1, 0.15) is 6.42 Å². The number of aliphatic carboxylic acids is 1. The van der Waals surface area contributed by atoms with Gasteiger partial charge in [-0.15, -0.1) is 0 Å². The maximum absolute atomic E-state index is 10.5. The van der Waals surface area contributed by atoms with Gasteiger partial charge < -0.3 is 25.6 Å². The number of benzene rings is 1. The van der Waals surface area contributed by atoms with Gasteiger partial charge in [0, 0.05) is 18.3 Å². The van der Waals surface area contributed by atoms with Crippen LogP contribution in [0.3, 0.4) is 0 Å². The summed E-state index contributed by atoms with van der Waals surface area (Å²) >= 11 is 0. The van der Waals surface area contributed by atoms with Gasteiger partial charge in [-0.25, -0.2) is 0 Å². The quantitative estimate of drug-likeness (QED) is 0.713. The molecule has 1 unspecified atom stereocenters. The number of carboxylic acids is 1. The summed E-state index contributed by atoms with van der Waals surface area (Å²) in [6.07, 6.45) is 0.365. The van der Waals surface area contributed by atoms with Crippen molar-refractivity contribution in [3.63, 3.8) is 0 Å². The lowest BCUT2D eigenvalue weighted by molar-refractivity contribution is -0.138. The highest BCUT2D eigenvalue weighted by Gasteiger charge is 2.13.